The Balaban J connectivity index is 1.53. The van der Waals surface area contributed by atoms with Crippen LogP contribution in [-0.4, -0.2) is 25.5 Å². The molecule has 0 radical (unpaired) electrons. The highest BCUT2D eigenvalue weighted by molar-refractivity contribution is 7.80. The van der Waals surface area contributed by atoms with Crippen molar-refractivity contribution in [3.05, 3.63) is 41.9 Å². The lowest BCUT2D eigenvalue weighted by Gasteiger charge is -2.11. The molecule has 0 aliphatic heterocycles. The van der Waals surface area contributed by atoms with Crippen molar-refractivity contribution in [2.75, 3.05) is 19.5 Å². The van der Waals surface area contributed by atoms with Crippen molar-refractivity contribution in [3.8, 4) is 11.5 Å². The molecule has 2 N–H and O–H groups in total. The van der Waals surface area contributed by atoms with Crippen LogP contribution in [0, 0.1) is 5.92 Å². The van der Waals surface area contributed by atoms with E-state index in [4.69, 9.17) is 26.1 Å². The van der Waals surface area contributed by atoms with Crippen LogP contribution in [0.3, 0.4) is 0 Å². The second-order valence-electron chi connectivity index (χ2n) is 5.95. The van der Waals surface area contributed by atoms with E-state index in [1.807, 2.05) is 18.2 Å². The second kappa shape index (κ2) is 7.57. The van der Waals surface area contributed by atoms with Gasteiger partial charge in [0.05, 0.1) is 20.4 Å². The van der Waals surface area contributed by atoms with E-state index in [0.717, 1.165) is 11.4 Å². The molecule has 0 saturated heterocycles. The van der Waals surface area contributed by atoms with Crippen LogP contribution in [0.1, 0.15) is 30.8 Å². The molecule has 1 heterocycles. The first-order valence-corrected chi connectivity index (χ1v) is 8.43. The van der Waals surface area contributed by atoms with Crippen molar-refractivity contribution in [3.63, 3.8) is 0 Å². The monoisotopic (exact) mass is 359 g/mol. The summed E-state index contributed by atoms with van der Waals surface area (Å²) in [5.74, 6) is 4.28. The number of hydrogen-bond acceptors (Lipinski definition) is 5. The predicted octanol–water partition coefficient (Wildman–Crippen LogP) is 3.74. The molecule has 25 heavy (non-hydrogen) atoms. The highest BCUT2D eigenvalue weighted by Gasteiger charge is 2.36. The van der Waals surface area contributed by atoms with Crippen molar-refractivity contribution in [2.45, 2.75) is 19.3 Å². The highest BCUT2D eigenvalue weighted by atomic mass is 32.1. The molecule has 1 aromatic heterocycles. The topological polar surface area (TPSA) is 68.0 Å². The van der Waals surface area contributed by atoms with E-state index in [1.54, 1.807) is 32.6 Å². The van der Waals surface area contributed by atoms with Gasteiger partial charge in [-0.05, 0) is 48.8 Å². The van der Waals surface area contributed by atoms with E-state index >= 15 is 0 Å². The van der Waals surface area contributed by atoms with Crippen LogP contribution in [0.25, 0.3) is 0 Å². The number of benzene rings is 1. The predicted molar refractivity (Wildman–Crippen MR) is 102 cm³/mol. The summed E-state index contributed by atoms with van der Waals surface area (Å²) in [6, 6.07) is 9.36. The molecule has 0 unspecified atom stereocenters. The molecular weight excluding hydrogens is 338 g/mol. The molecule has 2 atom stereocenters. The normalized spacial score (nSPS) is 18.8. The SMILES string of the molecule is COc1ccc(NC(=S)N/N=C\c2ccc([C@H]3C[C@H]3C)o2)cc1OC. The number of nitrogens with zero attached hydrogens (tertiary/aromatic N) is 1. The molecule has 7 heteroatoms. The first kappa shape index (κ1) is 17.3. The van der Waals surface area contributed by atoms with Gasteiger partial charge in [-0.3, -0.25) is 5.43 Å². The number of ether oxygens (including phenoxy) is 2. The fourth-order valence-corrected chi connectivity index (χ4v) is 2.75. The quantitative estimate of drug-likeness (QED) is 0.465. The molecule has 6 nitrogen and oxygen atoms in total. The molecule has 0 bridgehead atoms. The Morgan fingerprint density at radius 2 is 2.00 bits per heavy atom. The molecule has 1 aliphatic rings. The van der Waals surface area contributed by atoms with Gasteiger partial charge in [-0.25, -0.2) is 0 Å². The van der Waals surface area contributed by atoms with E-state index in [1.165, 1.54) is 6.42 Å². The molecule has 3 rings (SSSR count). The number of rotatable bonds is 6. The summed E-state index contributed by atoms with van der Waals surface area (Å²) in [5, 5.41) is 7.50. The van der Waals surface area contributed by atoms with Crippen molar-refractivity contribution in [1.29, 1.82) is 0 Å². The van der Waals surface area contributed by atoms with Gasteiger partial charge in [0.1, 0.15) is 11.5 Å². The number of anilines is 1. The summed E-state index contributed by atoms with van der Waals surface area (Å²) in [6.45, 7) is 2.22. The van der Waals surface area contributed by atoms with Crippen LogP contribution in [0.5, 0.6) is 11.5 Å². The van der Waals surface area contributed by atoms with E-state index in [0.29, 0.717) is 34.2 Å². The average molecular weight is 359 g/mol. The first-order chi connectivity index (χ1) is 12.1. The van der Waals surface area contributed by atoms with E-state index in [9.17, 15) is 0 Å². The molecule has 2 aromatic rings. The van der Waals surface area contributed by atoms with Crippen LogP contribution in [0.4, 0.5) is 5.69 Å². The molecular formula is C18H21N3O3S. The van der Waals surface area contributed by atoms with Gasteiger partial charge in [-0.2, -0.15) is 5.10 Å². The van der Waals surface area contributed by atoms with Gasteiger partial charge >= 0.3 is 0 Å². The Morgan fingerprint density at radius 3 is 2.68 bits per heavy atom. The fourth-order valence-electron chi connectivity index (χ4n) is 2.58. The zero-order valence-corrected chi connectivity index (χ0v) is 15.2. The molecule has 1 aliphatic carbocycles. The summed E-state index contributed by atoms with van der Waals surface area (Å²) >= 11 is 5.23. The Labute approximate surface area is 152 Å². The number of furan rings is 1. The van der Waals surface area contributed by atoms with Crippen molar-refractivity contribution < 1.29 is 13.9 Å². The number of nitrogens with one attached hydrogen (secondary N) is 2. The zero-order chi connectivity index (χ0) is 17.8. The lowest BCUT2D eigenvalue weighted by atomic mass is 10.3. The first-order valence-electron chi connectivity index (χ1n) is 8.02. The van der Waals surface area contributed by atoms with Crippen LogP contribution in [-0.2, 0) is 0 Å². The van der Waals surface area contributed by atoms with Gasteiger partial charge in [0.2, 0.25) is 0 Å². The Kier molecular flexibility index (Phi) is 5.23. The lowest BCUT2D eigenvalue weighted by Crippen LogP contribution is -2.23. The molecule has 0 amide bonds. The van der Waals surface area contributed by atoms with Crippen molar-refractivity contribution in [2.24, 2.45) is 11.0 Å². The molecule has 1 aromatic carbocycles. The maximum absolute atomic E-state index is 5.75. The Hall–Kier alpha value is -2.54. The van der Waals surface area contributed by atoms with Gasteiger partial charge in [0.15, 0.2) is 16.6 Å². The Morgan fingerprint density at radius 1 is 1.24 bits per heavy atom. The van der Waals surface area contributed by atoms with Crippen LogP contribution in [0.2, 0.25) is 0 Å². The molecule has 132 valence electrons. The minimum absolute atomic E-state index is 0.367. The van der Waals surface area contributed by atoms with Crippen LogP contribution < -0.4 is 20.2 Å². The maximum atomic E-state index is 5.75. The molecule has 1 saturated carbocycles. The number of methoxy groups -OCH3 is 2. The third-order valence-electron chi connectivity index (χ3n) is 4.12. The lowest BCUT2D eigenvalue weighted by molar-refractivity contribution is 0.355. The van der Waals surface area contributed by atoms with E-state index < -0.39 is 0 Å². The minimum atomic E-state index is 0.367. The third kappa shape index (κ3) is 4.30. The zero-order valence-electron chi connectivity index (χ0n) is 14.4. The van der Waals surface area contributed by atoms with Gasteiger partial charge in [-0.15, -0.1) is 0 Å². The summed E-state index contributed by atoms with van der Waals surface area (Å²) in [7, 11) is 3.18. The summed E-state index contributed by atoms with van der Waals surface area (Å²) in [4.78, 5) is 0. The summed E-state index contributed by atoms with van der Waals surface area (Å²) < 4.78 is 16.2. The number of hydrogen-bond donors (Lipinski definition) is 2. The standard InChI is InChI=1S/C18H21N3O3S/c1-11-8-14(11)15-7-5-13(24-15)10-19-21-18(25)20-12-4-6-16(22-2)17(9-12)23-3/h4-7,9-11,14H,8H2,1-3H3,(H2,20,21,25)/b19-10-/t11-,14+/m1/s1. The summed E-state index contributed by atoms with van der Waals surface area (Å²) in [6.07, 6.45) is 2.81. The molecule has 1 fully saturated rings. The van der Waals surface area contributed by atoms with Crippen molar-refractivity contribution in [1.82, 2.24) is 5.43 Å². The third-order valence-corrected chi connectivity index (χ3v) is 4.32. The van der Waals surface area contributed by atoms with Crippen LogP contribution in [0.15, 0.2) is 39.9 Å². The average Bonchev–Trinajstić information content (AvgIpc) is 3.15. The van der Waals surface area contributed by atoms with Crippen LogP contribution >= 0.6 is 12.2 Å². The highest BCUT2D eigenvalue weighted by Crippen LogP contribution is 2.47. The summed E-state index contributed by atoms with van der Waals surface area (Å²) in [5.41, 5.74) is 3.54. The van der Waals surface area contributed by atoms with E-state index in [-0.39, 0.29) is 0 Å². The van der Waals surface area contributed by atoms with Crippen molar-refractivity contribution >= 4 is 29.2 Å². The van der Waals surface area contributed by atoms with Gasteiger partial charge in [-0.1, -0.05) is 6.92 Å². The second-order valence-corrected chi connectivity index (χ2v) is 6.36. The minimum Gasteiger partial charge on any atom is -0.493 e. The van der Waals surface area contributed by atoms with Gasteiger partial charge < -0.3 is 19.2 Å². The maximum Gasteiger partial charge on any atom is 0.191 e. The Bertz CT molecular complexity index is 788. The van der Waals surface area contributed by atoms with E-state index in [2.05, 4.69) is 22.8 Å². The van der Waals surface area contributed by atoms with Gasteiger partial charge in [0, 0.05) is 17.7 Å². The number of thiocarbonyl (C=S) groups is 1. The number of hydrazone groups is 1. The van der Waals surface area contributed by atoms with Gasteiger partial charge in [0.25, 0.3) is 0 Å². The fraction of sp³-hybridized carbons (Fsp3) is 0.333. The molecule has 0 spiro atoms. The smallest absolute Gasteiger partial charge is 0.191 e. The largest absolute Gasteiger partial charge is 0.493 e.